The minimum Gasteiger partial charge on any atom is -0.267 e. The van der Waals surface area contributed by atoms with Crippen LogP contribution in [0.4, 0.5) is 0 Å². The molecule has 0 atom stereocenters. The van der Waals surface area contributed by atoms with Crippen molar-refractivity contribution >= 4 is 33.5 Å². The van der Waals surface area contributed by atoms with Crippen molar-refractivity contribution in [1.82, 2.24) is 9.73 Å². The summed E-state index contributed by atoms with van der Waals surface area (Å²) in [5.74, 6) is -0.379. The van der Waals surface area contributed by atoms with Crippen LogP contribution in [0.3, 0.4) is 0 Å². The van der Waals surface area contributed by atoms with Gasteiger partial charge in [-0.05, 0) is 61.0 Å². The number of sulfonamides is 1. The number of amides is 1. The van der Waals surface area contributed by atoms with Gasteiger partial charge in [0.25, 0.3) is 5.91 Å². The molecule has 2 aromatic rings. The average molecular weight is 377 g/mol. The standard InChI is InChI=1S/C17H19N3O3S2/c1-13-8-11-24-16(13)12-18-19-17(21)14-4-6-15(7-5-14)25(22,23)20-9-2-3-10-20/h4-8,11-12H,2-3,9-10H2,1H3,(H,19,21)/b18-12-. The molecule has 2 heterocycles. The van der Waals surface area contributed by atoms with Gasteiger partial charge in [-0.3, -0.25) is 4.79 Å². The van der Waals surface area contributed by atoms with Crippen LogP contribution in [0.25, 0.3) is 0 Å². The van der Waals surface area contributed by atoms with E-state index in [1.807, 2.05) is 18.4 Å². The highest BCUT2D eigenvalue weighted by Gasteiger charge is 2.27. The van der Waals surface area contributed by atoms with E-state index < -0.39 is 10.0 Å². The smallest absolute Gasteiger partial charge is 0.267 e. The Bertz CT molecular complexity index is 880. The first-order valence-electron chi connectivity index (χ1n) is 7.96. The second-order valence-electron chi connectivity index (χ2n) is 5.80. The van der Waals surface area contributed by atoms with Gasteiger partial charge in [0.2, 0.25) is 10.0 Å². The van der Waals surface area contributed by atoms with E-state index in [1.165, 1.54) is 28.6 Å². The number of rotatable bonds is 5. The highest BCUT2D eigenvalue weighted by molar-refractivity contribution is 7.89. The number of thiophene rings is 1. The molecule has 8 heteroatoms. The fourth-order valence-electron chi connectivity index (χ4n) is 2.59. The van der Waals surface area contributed by atoms with Crippen LogP contribution in [-0.4, -0.2) is 37.9 Å². The Hall–Kier alpha value is -2.03. The van der Waals surface area contributed by atoms with Crippen molar-refractivity contribution in [3.63, 3.8) is 0 Å². The zero-order valence-electron chi connectivity index (χ0n) is 13.8. The summed E-state index contributed by atoms with van der Waals surface area (Å²) in [6.45, 7) is 3.09. The van der Waals surface area contributed by atoms with Crippen LogP contribution in [0.15, 0.2) is 45.7 Å². The van der Waals surface area contributed by atoms with Crippen molar-refractivity contribution in [1.29, 1.82) is 0 Å². The molecule has 1 aromatic carbocycles. The SMILES string of the molecule is Cc1ccsc1/C=N\NC(=O)c1ccc(S(=O)(=O)N2CCCC2)cc1. The number of hydrogen-bond acceptors (Lipinski definition) is 5. The third-order valence-corrected chi connectivity index (χ3v) is 6.94. The first kappa shape index (κ1) is 17.8. The predicted molar refractivity (Wildman–Crippen MR) is 98.6 cm³/mol. The molecule has 1 aliphatic heterocycles. The fourth-order valence-corrected chi connectivity index (χ4v) is 4.89. The largest absolute Gasteiger partial charge is 0.271 e. The Morgan fingerprint density at radius 2 is 1.88 bits per heavy atom. The molecule has 1 saturated heterocycles. The van der Waals surface area contributed by atoms with Crippen LogP contribution >= 0.6 is 11.3 Å². The number of carbonyl (C=O) groups is 1. The third kappa shape index (κ3) is 3.97. The summed E-state index contributed by atoms with van der Waals surface area (Å²) in [6, 6.07) is 7.92. The molecule has 1 N–H and O–H groups in total. The summed E-state index contributed by atoms with van der Waals surface area (Å²) >= 11 is 1.54. The number of carbonyl (C=O) groups excluding carboxylic acids is 1. The van der Waals surface area contributed by atoms with Gasteiger partial charge >= 0.3 is 0 Å². The summed E-state index contributed by atoms with van der Waals surface area (Å²) in [7, 11) is -3.46. The minimum atomic E-state index is -3.46. The van der Waals surface area contributed by atoms with Gasteiger partial charge in [-0.2, -0.15) is 9.41 Å². The second-order valence-corrected chi connectivity index (χ2v) is 8.69. The van der Waals surface area contributed by atoms with E-state index in [2.05, 4.69) is 10.5 Å². The lowest BCUT2D eigenvalue weighted by Gasteiger charge is -2.15. The van der Waals surface area contributed by atoms with Gasteiger partial charge in [-0.15, -0.1) is 11.3 Å². The molecule has 0 aliphatic carbocycles. The maximum Gasteiger partial charge on any atom is 0.271 e. The van der Waals surface area contributed by atoms with Gasteiger partial charge in [-0.1, -0.05) is 0 Å². The molecule has 1 aromatic heterocycles. The number of nitrogens with one attached hydrogen (secondary N) is 1. The maximum atomic E-state index is 12.5. The Kier molecular flexibility index (Phi) is 5.31. The van der Waals surface area contributed by atoms with Crippen LogP contribution in [0.2, 0.25) is 0 Å². The van der Waals surface area contributed by atoms with Gasteiger partial charge < -0.3 is 0 Å². The maximum absolute atomic E-state index is 12.5. The van der Waals surface area contributed by atoms with Crippen molar-refractivity contribution in [3.8, 4) is 0 Å². The van der Waals surface area contributed by atoms with Crippen molar-refractivity contribution < 1.29 is 13.2 Å². The van der Waals surface area contributed by atoms with Crippen LogP contribution in [-0.2, 0) is 10.0 Å². The Labute approximate surface area is 151 Å². The number of hydrazone groups is 1. The summed E-state index contributed by atoms with van der Waals surface area (Å²) in [4.78, 5) is 13.3. The zero-order valence-corrected chi connectivity index (χ0v) is 15.4. The van der Waals surface area contributed by atoms with E-state index in [-0.39, 0.29) is 10.8 Å². The van der Waals surface area contributed by atoms with Gasteiger partial charge in [-0.25, -0.2) is 13.8 Å². The highest BCUT2D eigenvalue weighted by atomic mass is 32.2. The molecule has 25 heavy (non-hydrogen) atoms. The molecule has 1 amide bonds. The molecule has 6 nitrogen and oxygen atoms in total. The van der Waals surface area contributed by atoms with Gasteiger partial charge in [0, 0.05) is 23.5 Å². The Morgan fingerprint density at radius 1 is 1.20 bits per heavy atom. The van der Waals surface area contributed by atoms with E-state index in [9.17, 15) is 13.2 Å². The quantitative estimate of drug-likeness (QED) is 0.643. The summed E-state index contributed by atoms with van der Waals surface area (Å²) < 4.78 is 26.4. The average Bonchev–Trinajstić information content (AvgIpc) is 3.27. The number of aryl methyl sites for hydroxylation is 1. The van der Waals surface area contributed by atoms with E-state index >= 15 is 0 Å². The lowest BCUT2D eigenvalue weighted by molar-refractivity contribution is 0.0955. The molecule has 1 fully saturated rings. The normalized spacial score (nSPS) is 15.7. The van der Waals surface area contributed by atoms with Crippen molar-refractivity contribution in [2.75, 3.05) is 13.1 Å². The molecule has 0 spiro atoms. The zero-order chi connectivity index (χ0) is 17.9. The minimum absolute atomic E-state index is 0.212. The monoisotopic (exact) mass is 377 g/mol. The van der Waals surface area contributed by atoms with E-state index in [4.69, 9.17) is 0 Å². The summed E-state index contributed by atoms with van der Waals surface area (Å²) in [5, 5.41) is 5.90. The topological polar surface area (TPSA) is 78.8 Å². The molecule has 0 bridgehead atoms. The van der Waals surface area contributed by atoms with Crippen molar-refractivity contribution in [2.24, 2.45) is 5.10 Å². The molecule has 3 rings (SSSR count). The Morgan fingerprint density at radius 3 is 2.48 bits per heavy atom. The molecular formula is C17H19N3O3S2. The Balaban J connectivity index is 1.66. The van der Waals surface area contributed by atoms with Crippen LogP contribution in [0.5, 0.6) is 0 Å². The lowest BCUT2D eigenvalue weighted by atomic mass is 10.2. The first-order chi connectivity index (χ1) is 12.0. The molecule has 0 radical (unpaired) electrons. The van der Waals surface area contributed by atoms with Crippen molar-refractivity contribution in [2.45, 2.75) is 24.7 Å². The van der Waals surface area contributed by atoms with Gasteiger partial charge in [0.15, 0.2) is 0 Å². The summed E-state index contributed by atoms with van der Waals surface area (Å²) in [5.41, 5.74) is 3.91. The predicted octanol–water partition coefficient (Wildman–Crippen LogP) is 2.60. The molecular weight excluding hydrogens is 358 g/mol. The first-order valence-corrected chi connectivity index (χ1v) is 10.3. The van der Waals surface area contributed by atoms with Crippen LogP contribution < -0.4 is 5.43 Å². The van der Waals surface area contributed by atoms with Gasteiger partial charge in [0.1, 0.15) is 0 Å². The van der Waals surface area contributed by atoms with E-state index in [1.54, 1.807) is 17.6 Å². The molecule has 0 unspecified atom stereocenters. The fraction of sp³-hybridized carbons (Fsp3) is 0.294. The molecule has 1 aliphatic rings. The molecule has 132 valence electrons. The molecule has 0 saturated carbocycles. The number of nitrogens with zero attached hydrogens (tertiary/aromatic N) is 2. The summed E-state index contributed by atoms with van der Waals surface area (Å²) in [6.07, 6.45) is 3.38. The second kappa shape index (κ2) is 7.47. The van der Waals surface area contributed by atoms with Crippen molar-refractivity contribution in [3.05, 3.63) is 51.7 Å². The van der Waals surface area contributed by atoms with Gasteiger partial charge in [0.05, 0.1) is 11.1 Å². The van der Waals surface area contributed by atoms with Crippen LogP contribution in [0, 0.1) is 6.92 Å². The number of benzene rings is 1. The van der Waals surface area contributed by atoms with Crippen LogP contribution in [0.1, 0.15) is 33.6 Å². The highest BCUT2D eigenvalue weighted by Crippen LogP contribution is 2.21. The third-order valence-electron chi connectivity index (χ3n) is 4.07. The van der Waals surface area contributed by atoms with E-state index in [0.717, 1.165) is 23.3 Å². The lowest BCUT2D eigenvalue weighted by Crippen LogP contribution is -2.28. The van der Waals surface area contributed by atoms with E-state index in [0.29, 0.717) is 18.7 Å². The number of hydrogen-bond donors (Lipinski definition) is 1.